The van der Waals surface area contributed by atoms with Crippen molar-refractivity contribution < 1.29 is 14.0 Å². The van der Waals surface area contributed by atoms with Crippen LogP contribution in [0.1, 0.15) is 39.9 Å². The number of hydrogen-bond donors (Lipinski definition) is 3. The average Bonchev–Trinajstić information content (AvgIpc) is 3.35. The predicted molar refractivity (Wildman–Crippen MR) is 134 cm³/mol. The molecule has 6 nitrogen and oxygen atoms in total. The smallest absolute Gasteiger partial charge is 0.323 e. The second-order valence-corrected chi connectivity index (χ2v) is 8.63. The van der Waals surface area contributed by atoms with Crippen LogP contribution < -0.4 is 20.9 Å². The molecule has 3 N–H and O–H groups in total. The van der Waals surface area contributed by atoms with Crippen molar-refractivity contribution in [3.8, 4) is 0 Å². The fourth-order valence-electron chi connectivity index (χ4n) is 4.15. The van der Waals surface area contributed by atoms with Gasteiger partial charge >= 0.3 is 6.03 Å². The lowest BCUT2D eigenvalue weighted by atomic mass is 10.1. The molecule has 0 aliphatic carbocycles. The monoisotopic (exact) mass is 460 g/mol. The fourth-order valence-corrected chi connectivity index (χ4v) is 4.15. The summed E-state index contributed by atoms with van der Waals surface area (Å²) in [5.74, 6) is -0.561. The second-order valence-electron chi connectivity index (χ2n) is 8.63. The van der Waals surface area contributed by atoms with Gasteiger partial charge in [0.15, 0.2) is 0 Å². The van der Waals surface area contributed by atoms with E-state index in [9.17, 15) is 14.0 Å². The first-order chi connectivity index (χ1) is 16.4. The van der Waals surface area contributed by atoms with Gasteiger partial charge in [-0.25, -0.2) is 9.18 Å². The minimum Gasteiger partial charge on any atom is -0.371 e. The van der Waals surface area contributed by atoms with Crippen LogP contribution in [-0.2, 0) is 6.54 Å². The Bertz CT molecular complexity index is 1190. The topological polar surface area (TPSA) is 73.5 Å². The summed E-state index contributed by atoms with van der Waals surface area (Å²) in [6, 6.07) is 16.9. The molecular formula is C27H29FN4O2. The summed E-state index contributed by atoms with van der Waals surface area (Å²) >= 11 is 0. The van der Waals surface area contributed by atoms with Crippen LogP contribution in [0, 0.1) is 19.7 Å². The van der Waals surface area contributed by atoms with Crippen molar-refractivity contribution in [2.75, 3.05) is 28.6 Å². The van der Waals surface area contributed by atoms with Crippen molar-refractivity contribution in [1.29, 1.82) is 0 Å². The van der Waals surface area contributed by atoms with Crippen LogP contribution in [0.3, 0.4) is 0 Å². The number of nitrogens with zero attached hydrogens (tertiary/aromatic N) is 1. The van der Waals surface area contributed by atoms with Gasteiger partial charge in [-0.15, -0.1) is 0 Å². The van der Waals surface area contributed by atoms with Crippen molar-refractivity contribution in [1.82, 2.24) is 5.32 Å². The van der Waals surface area contributed by atoms with E-state index in [0.717, 1.165) is 54.0 Å². The molecule has 0 unspecified atom stereocenters. The van der Waals surface area contributed by atoms with Gasteiger partial charge in [0.25, 0.3) is 5.91 Å². The Balaban J connectivity index is 1.50. The van der Waals surface area contributed by atoms with Gasteiger partial charge in [-0.2, -0.15) is 0 Å². The maximum Gasteiger partial charge on any atom is 0.323 e. The van der Waals surface area contributed by atoms with E-state index in [0.29, 0.717) is 11.3 Å². The molecule has 0 radical (unpaired) electrons. The van der Waals surface area contributed by atoms with Gasteiger partial charge in [0, 0.05) is 36.7 Å². The highest BCUT2D eigenvalue weighted by atomic mass is 19.1. The van der Waals surface area contributed by atoms with Gasteiger partial charge in [-0.1, -0.05) is 29.8 Å². The van der Waals surface area contributed by atoms with E-state index < -0.39 is 0 Å². The molecule has 1 heterocycles. The van der Waals surface area contributed by atoms with Gasteiger partial charge in [0.2, 0.25) is 0 Å². The van der Waals surface area contributed by atoms with E-state index in [1.165, 1.54) is 12.1 Å². The molecule has 3 amide bonds. The Kier molecular flexibility index (Phi) is 7.11. The fraction of sp³-hybridized carbons (Fsp3) is 0.259. The molecule has 0 bridgehead atoms. The van der Waals surface area contributed by atoms with E-state index in [1.807, 2.05) is 44.2 Å². The molecule has 3 aromatic carbocycles. The lowest BCUT2D eigenvalue weighted by Crippen LogP contribution is -2.27. The molecular weight excluding hydrogens is 431 g/mol. The number of benzene rings is 3. The highest BCUT2D eigenvalue weighted by Crippen LogP contribution is 2.28. The highest BCUT2D eigenvalue weighted by Gasteiger charge is 2.20. The van der Waals surface area contributed by atoms with Gasteiger partial charge in [-0.05, 0) is 74.2 Å². The first-order valence-corrected chi connectivity index (χ1v) is 11.5. The van der Waals surface area contributed by atoms with Gasteiger partial charge in [0.05, 0.1) is 5.56 Å². The molecule has 0 atom stereocenters. The molecule has 7 heteroatoms. The number of nitrogens with one attached hydrogen (secondary N) is 3. The van der Waals surface area contributed by atoms with Crippen molar-refractivity contribution in [3.63, 3.8) is 0 Å². The maximum atomic E-state index is 13.2. The highest BCUT2D eigenvalue weighted by molar-refractivity contribution is 6.04. The number of hydrogen-bond acceptors (Lipinski definition) is 3. The minimum absolute atomic E-state index is 0.246. The maximum absolute atomic E-state index is 13.2. The van der Waals surface area contributed by atoms with Gasteiger partial charge in [0.1, 0.15) is 5.82 Å². The third-order valence-corrected chi connectivity index (χ3v) is 5.94. The summed E-state index contributed by atoms with van der Waals surface area (Å²) in [6.45, 7) is 6.00. The van der Waals surface area contributed by atoms with Crippen molar-refractivity contribution in [2.45, 2.75) is 33.2 Å². The molecule has 0 aromatic heterocycles. The average molecular weight is 461 g/mol. The number of aryl methyl sites for hydroxylation is 2. The summed E-state index contributed by atoms with van der Waals surface area (Å²) in [5.41, 5.74) is 5.49. The van der Waals surface area contributed by atoms with Crippen LogP contribution >= 0.6 is 0 Å². The minimum atomic E-state index is -0.376. The standard InChI is InChI=1S/C27H29FN4O2/c1-18-5-11-24(19(2)15-18)31-27(34)30-22-10-12-25(32-13-3-4-14-32)23(16-22)26(33)29-17-20-6-8-21(28)9-7-20/h5-12,15-16H,3-4,13-14,17H2,1-2H3,(H,29,33)(H2,30,31,34). The molecule has 1 aliphatic rings. The summed E-state index contributed by atoms with van der Waals surface area (Å²) in [7, 11) is 0. The molecule has 1 aliphatic heterocycles. The van der Waals surface area contributed by atoms with Crippen molar-refractivity contribution in [2.24, 2.45) is 0 Å². The number of amides is 3. The third-order valence-electron chi connectivity index (χ3n) is 5.94. The molecule has 0 spiro atoms. The molecule has 1 fully saturated rings. The third kappa shape index (κ3) is 5.73. The predicted octanol–water partition coefficient (Wildman–Crippen LogP) is 5.62. The number of rotatable bonds is 6. The molecule has 0 saturated carbocycles. The van der Waals surface area contributed by atoms with E-state index in [2.05, 4.69) is 20.9 Å². The zero-order valence-corrected chi connectivity index (χ0v) is 19.5. The zero-order chi connectivity index (χ0) is 24.1. The van der Waals surface area contributed by atoms with Crippen molar-refractivity contribution >= 4 is 29.0 Å². The normalized spacial score (nSPS) is 13.0. The van der Waals surface area contributed by atoms with E-state index >= 15 is 0 Å². The zero-order valence-electron chi connectivity index (χ0n) is 19.5. The first kappa shape index (κ1) is 23.3. The number of carbonyl (C=O) groups is 2. The van der Waals surface area contributed by atoms with Crippen molar-refractivity contribution in [3.05, 3.63) is 88.7 Å². The largest absolute Gasteiger partial charge is 0.371 e. The first-order valence-electron chi connectivity index (χ1n) is 11.5. The van der Waals surface area contributed by atoms with E-state index in [1.54, 1.807) is 18.2 Å². The Morgan fingerprint density at radius 2 is 1.65 bits per heavy atom. The Labute approximate surface area is 199 Å². The van der Waals surface area contributed by atoms with Crippen LogP contribution in [0.15, 0.2) is 60.7 Å². The molecule has 34 heavy (non-hydrogen) atoms. The lowest BCUT2D eigenvalue weighted by Gasteiger charge is -2.22. The SMILES string of the molecule is Cc1ccc(NC(=O)Nc2ccc(N3CCCC3)c(C(=O)NCc3ccc(F)cc3)c2)c(C)c1. The van der Waals surface area contributed by atoms with Crippen LogP contribution in [0.5, 0.6) is 0 Å². The van der Waals surface area contributed by atoms with E-state index in [4.69, 9.17) is 0 Å². The number of anilines is 3. The van der Waals surface area contributed by atoms with Crippen LogP contribution in [0.4, 0.5) is 26.2 Å². The number of carbonyl (C=O) groups excluding carboxylic acids is 2. The summed E-state index contributed by atoms with van der Waals surface area (Å²) in [6.07, 6.45) is 2.16. The van der Waals surface area contributed by atoms with Crippen LogP contribution in [0.2, 0.25) is 0 Å². The molecule has 4 rings (SSSR count). The number of halogens is 1. The Morgan fingerprint density at radius 3 is 2.35 bits per heavy atom. The van der Waals surface area contributed by atoms with Crippen LogP contribution in [-0.4, -0.2) is 25.0 Å². The molecule has 3 aromatic rings. The molecule has 176 valence electrons. The quantitative estimate of drug-likeness (QED) is 0.447. The molecule has 1 saturated heterocycles. The van der Waals surface area contributed by atoms with E-state index in [-0.39, 0.29) is 24.3 Å². The lowest BCUT2D eigenvalue weighted by molar-refractivity contribution is 0.0951. The summed E-state index contributed by atoms with van der Waals surface area (Å²) < 4.78 is 13.2. The summed E-state index contributed by atoms with van der Waals surface area (Å²) in [4.78, 5) is 27.9. The number of urea groups is 1. The van der Waals surface area contributed by atoms with Crippen LogP contribution in [0.25, 0.3) is 0 Å². The second kappa shape index (κ2) is 10.4. The van der Waals surface area contributed by atoms with Gasteiger partial charge in [-0.3, -0.25) is 4.79 Å². The van der Waals surface area contributed by atoms with Gasteiger partial charge < -0.3 is 20.9 Å². The Hall–Kier alpha value is -3.87. The summed E-state index contributed by atoms with van der Waals surface area (Å²) in [5, 5.41) is 8.61. The Morgan fingerprint density at radius 1 is 0.912 bits per heavy atom.